The van der Waals surface area contributed by atoms with Gasteiger partial charge < -0.3 is 24.6 Å². The Hall–Kier alpha value is -4.10. The maximum absolute atomic E-state index is 13.8. The largest absolute Gasteiger partial charge is 0.469 e. The molecule has 3 heterocycles. The van der Waals surface area contributed by atoms with Crippen LogP contribution in [0.1, 0.15) is 57.2 Å². The number of aryl methyl sites for hydroxylation is 1. The zero-order valence-corrected chi connectivity index (χ0v) is 24.1. The van der Waals surface area contributed by atoms with Crippen molar-refractivity contribution in [3.8, 4) is 0 Å². The zero-order valence-electron chi connectivity index (χ0n) is 24.1. The molecule has 4 rings (SSSR count). The number of amides is 2. The van der Waals surface area contributed by atoms with Crippen molar-refractivity contribution in [1.29, 1.82) is 0 Å². The fourth-order valence-corrected chi connectivity index (χ4v) is 5.25. The van der Waals surface area contributed by atoms with Crippen LogP contribution in [0.2, 0.25) is 0 Å². The molecular formula is C29H37N5O8. The van der Waals surface area contributed by atoms with Crippen LogP contribution in [0, 0.1) is 5.92 Å². The van der Waals surface area contributed by atoms with Crippen LogP contribution in [-0.4, -0.2) is 75.4 Å². The van der Waals surface area contributed by atoms with Crippen LogP contribution in [0.4, 0.5) is 11.4 Å². The number of aliphatic hydroxyl groups excluding tert-OH is 1. The predicted octanol–water partition coefficient (Wildman–Crippen LogP) is 1.60. The molecule has 13 nitrogen and oxygen atoms in total. The van der Waals surface area contributed by atoms with Crippen LogP contribution in [0.25, 0.3) is 0 Å². The van der Waals surface area contributed by atoms with Gasteiger partial charge in [-0.15, -0.1) is 5.10 Å². The number of rotatable bonds is 14. The minimum Gasteiger partial charge on any atom is -0.469 e. The second-order valence-corrected chi connectivity index (χ2v) is 10.4. The van der Waals surface area contributed by atoms with E-state index in [0.717, 1.165) is 0 Å². The molecule has 42 heavy (non-hydrogen) atoms. The SMILES string of the molecule is COC(=O)CCCCN1C(=O)[C@@](O)([C@@H](C)/C=C/CCn2cc(CCO)nn2)c2cc(N3C(=O)CC3OC(C)=O)ccc21. The second-order valence-electron chi connectivity index (χ2n) is 10.4. The van der Waals surface area contributed by atoms with Gasteiger partial charge in [0.05, 0.1) is 24.9 Å². The van der Waals surface area contributed by atoms with Crippen molar-refractivity contribution in [2.45, 2.75) is 70.7 Å². The van der Waals surface area contributed by atoms with Gasteiger partial charge in [-0.3, -0.25) is 28.8 Å². The molecule has 1 aromatic carbocycles. The number of fused-ring (bicyclic) bond motifs is 1. The Balaban J connectivity index is 1.56. The molecule has 2 N–H and O–H groups in total. The Morgan fingerprint density at radius 2 is 2.02 bits per heavy atom. The van der Waals surface area contributed by atoms with Gasteiger partial charge in [-0.2, -0.15) is 0 Å². The number of aliphatic hydroxyl groups is 2. The number of unbranched alkanes of at least 4 members (excludes halogenated alkanes) is 1. The summed E-state index contributed by atoms with van der Waals surface area (Å²) in [6, 6.07) is 4.95. The van der Waals surface area contributed by atoms with E-state index in [0.29, 0.717) is 54.9 Å². The second kappa shape index (κ2) is 13.3. The molecule has 1 aromatic heterocycles. The fourth-order valence-electron chi connectivity index (χ4n) is 5.25. The molecule has 2 aliphatic rings. The van der Waals surface area contributed by atoms with E-state index >= 15 is 0 Å². The number of esters is 2. The third-order valence-electron chi connectivity index (χ3n) is 7.54. The maximum atomic E-state index is 13.8. The monoisotopic (exact) mass is 583 g/mol. The van der Waals surface area contributed by atoms with E-state index in [9.17, 15) is 24.3 Å². The van der Waals surface area contributed by atoms with E-state index in [1.807, 2.05) is 6.08 Å². The topological polar surface area (TPSA) is 164 Å². The van der Waals surface area contributed by atoms with E-state index in [4.69, 9.17) is 14.6 Å². The average Bonchev–Trinajstić information content (AvgIpc) is 3.49. The molecule has 0 bridgehead atoms. The standard InChI is InChI=1S/C29H37N5O8/c1-19(8-4-6-13-32-18-21(12-15-35)30-31-32)29(40)23-16-22(34-25(37)17-26(34)42-20(2)36)10-11-24(23)33(28(29)39)14-7-5-9-27(38)41-3/h4,8,10-11,16,18-19,26,35,40H,5-7,9,12-15,17H2,1-3H3/b8-4+/t19-,26?,29+/m0/s1. The lowest BCUT2D eigenvalue weighted by Gasteiger charge is -2.39. The molecule has 1 unspecified atom stereocenters. The van der Waals surface area contributed by atoms with E-state index in [2.05, 4.69) is 10.3 Å². The molecule has 3 atom stereocenters. The van der Waals surface area contributed by atoms with Crippen molar-refractivity contribution in [2.75, 3.05) is 30.1 Å². The van der Waals surface area contributed by atoms with E-state index in [-0.39, 0.29) is 37.9 Å². The number of nitrogens with zero attached hydrogens (tertiary/aromatic N) is 5. The zero-order chi connectivity index (χ0) is 30.4. The van der Waals surface area contributed by atoms with Gasteiger partial charge in [-0.1, -0.05) is 24.3 Å². The maximum Gasteiger partial charge on any atom is 0.305 e. The summed E-state index contributed by atoms with van der Waals surface area (Å²) in [6.07, 6.45) is 6.93. The molecule has 0 radical (unpaired) electrons. The van der Waals surface area contributed by atoms with Crippen LogP contribution >= 0.6 is 0 Å². The summed E-state index contributed by atoms with van der Waals surface area (Å²) in [7, 11) is 1.32. The number of ether oxygens (including phenoxy) is 2. The summed E-state index contributed by atoms with van der Waals surface area (Å²) < 4.78 is 11.6. The number of β-lactam (4-membered cyclic amide) rings is 1. The van der Waals surface area contributed by atoms with Crippen LogP contribution in [0.15, 0.2) is 36.5 Å². The predicted molar refractivity (Wildman–Crippen MR) is 150 cm³/mol. The van der Waals surface area contributed by atoms with E-state index in [1.165, 1.54) is 23.8 Å². The van der Waals surface area contributed by atoms with Crippen molar-refractivity contribution in [1.82, 2.24) is 15.0 Å². The highest BCUT2D eigenvalue weighted by molar-refractivity contribution is 6.08. The van der Waals surface area contributed by atoms with E-state index in [1.54, 1.807) is 42.1 Å². The van der Waals surface area contributed by atoms with Crippen molar-refractivity contribution in [3.05, 3.63) is 47.8 Å². The van der Waals surface area contributed by atoms with Gasteiger partial charge in [-0.05, 0) is 37.5 Å². The van der Waals surface area contributed by atoms with Crippen LogP contribution < -0.4 is 9.80 Å². The number of carbonyl (C=O) groups excluding carboxylic acids is 4. The fraction of sp³-hybridized carbons (Fsp3) is 0.517. The number of carbonyl (C=O) groups is 4. The van der Waals surface area contributed by atoms with Crippen molar-refractivity contribution >= 4 is 35.1 Å². The molecule has 0 aliphatic carbocycles. The summed E-state index contributed by atoms with van der Waals surface area (Å²) in [5.74, 6) is -2.23. The third-order valence-corrected chi connectivity index (χ3v) is 7.54. The van der Waals surface area contributed by atoms with Gasteiger partial charge in [0.1, 0.15) is 0 Å². The van der Waals surface area contributed by atoms with Crippen LogP contribution in [-0.2, 0) is 47.2 Å². The molecule has 2 amide bonds. The van der Waals surface area contributed by atoms with E-state index < -0.39 is 29.6 Å². The molecule has 0 spiro atoms. The van der Waals surface area contributed by atoms with Gasteiger partial charge in [0.15, 0.2) is 11.8 Å². The minimum atomic E-state index is -1.92. The summed E-state index contributed by atoms with van der Waals surface area (Å²) in [4.78, 5) is 52.2. The average molecular weight is 584 g/mol. The Morgan fingerprint density at radius 3 is 2.71 bits per heavy atom. The number of allylic oxidation sites excluding steroid dienone is 1. The minimum absolute atomic E-state index is 0.00939. The molecule has 226 valence electrons. The highest BCUT2D eigenvalue weighted by atomic mass is 16.6. The van der Waals surface area contributed by atoms with Gasteiger partial charge >= 0.3 is 11.9 Å². The Bertz CT molecular complexity index is 1360. The first-order valence-corrected chi connectivity index (χ1v) is 14.0. The van der Waals surface area contributed by atoms with Gasteiger partial charge in [0.2, 0.25) is 5.91 Å². The first-order chi connectivity index (χ1) is 20.1. The van der Waals surface area contributed by atoms with Crippen LogP contribution in [0.3, 0.4) is 0 Å². The quantitative estimate of drug-likeness (QED) is 0.144. The lowest BCUT2D eigenvalue weighted by molar-refractivity contribution is -0.154. The molecule has 1 saturated heterocycles. The number of hydrogen-bond donors (Lipinski definition) is 2. The number of hydrogen-bond acceptors (Lipinski definition) is 10. The molecule has 0 saturated carbocycles. The lowest BCUT2D eigenvalue weighted by Crippen LogP contribution is -2.55. The smallest absolute Gasteiger partial charge is 0.305 e. The Labute approximate surface area is 243 Å². The summed E-state index contributed by atoms with van der Waals surface area (Å²) in [5, 5.41) is 29.1. The Kier molecular flexibility index (Phi) is 9.74. The molecule has 2 aliphatic heterocycles. The van der Waals surface area contributed by atoms with Gasteiger partial charge in [0.25, 0.3) is 5.91 Å². The summed E-state index contributed by atoms with van der Waals surface area (Å²) >= 11 is 0. The summed E-state index contributed by atoms with van der Waals surface area (Å²) in [5.41, 5.74) is 0.0470. The lowest BCUT2D eigenvalue weighted by atomic mass is 9.82. The number of aromatic nitrogens is 3. The van der Waals surface area contributed by atoms with Gasteiger partial charge in [-0.25, -0.2) is 0 Å². The molecule has 13 heteroatoms. The van der Waals surface area contributed by atoms with Gasteiger partial charge in [0, 0.05) is 62.8 Å². The van der Waals surface area contributed by atoms with Crippen molar-refractivity contribution in [2.24, 2.45) is 5.92 Å². The highest BCUT2D eigenvalue weighted by Crippen LogP contribution is 2.47. The highest BCUT2D eigenvalue weighted by Gasteiger charge is 2.53. The van der Waals surface area contributed by atoms with Crippen molar-refractivity contribution in [3.63, 3.8) is 0 Å². The number of benzene rings is 1. The molecule has 1 fully saturated rings. The first kappa shape index (κ1) is 30.8. The number of methoxy groups -OCH3 is 1. The van der Waals surface area contributed by atoms with Crippen LogP contribution in [0.5, 0.6) is 0 Å². The summed E-state index contributed by atoms with van der Waals surface area (Å²) in [6.45, 7) is 3.81. The van der Waals surface area contributed by atoms with Crippen molar-refractivity contribution < 1.29 is 38.9 Å². The molecular weight excluding hydrogens is 546 g/mol. The third kappa shape index (κ3) is 6.36. The first-order valence-electron chi connectivity index (χ1n) is 14.0. The Morgan fingerprint density at radius 1 is 1.24 bits per heavy atom. The molecule has 2 aromatic rings. The normalized spacial score (nSPS) is 20.5. The number of anilines is 2.